The highest BCUT2D eigenvalue weighted by atomic mass is 32.1. The van der Waals surface area contributed by atoms with Crippen LogP contribution in [0.4, 0.5) is 0 Å². The zero-order valence-corrected chi connectivity index (χ0v) is 14.2. The van der Waals surface area contributed by atoms with E-state index in [2.05, 4.69) is 25.2 Å². The van der Waals surface area contributed by atoms with Crippen molar-refractivity contribution in [2.75, 3.05) is 6.61 Å². The predicted octanol–water partition coefficient (Wildman–Crippen LogP) is 2.72. The van der Waals surface area contributed by atoms with Crippen LogP contribution in [-0.4, -0.2) is 18.4 Å². The zero-order chi connectivity index (χ0) is 17.0. The van der Waals surface area contributed by atoms with Gasteiger partial charge >= 0.3 is 0 Å². The number of amides is 2. The number of hydrogen-bond acceptors (Lipinski definition) is 4. The smallest absolute Gasteiger partial charge is 0.255 e. The summed E-state index contributed by atoms with van der Waals surface area (Å²) in [5.41, 5.74) is 6.69. The van der Waals surface area contributed by atoms with Crippen molar-refractivity contribution in [2.45, 2.75) is 26.8 Å². The highest BCUT2D eigenvalue weighted by Gasteiger charge is 2.15. The summed E-state index contributed by atoms with van der Waals surface area (Å²) >= 11 is 1.72. The second kappa shape index (κ2) is 7.28. The zero-order valence-electron chi connectivity index (χ0n) is 13.4. The highest BCUT2D eigenvalue weighted by Crippen LogP contribution is 2.26. The van der Waals surface area contributed by atoms with Crippen LogP contribution < -0.4 is 15.8 Å². The van der Waals surface area contributed by atoms with Crippen molar-refractivity contribution in [3.63, 3.8) is 0 Å². The highest BCUT2D eigenvalue weighted by molar-refractivity contribution is 7.12. The van der Waals surface area contributed by atoms with E-state index in [4.69, 9.17) is 10.5 Å². The van der Waals surface area contributed by atoms with Crippen molar-refractivity contribution >= 4 is 23.2 Å². The first-order chi connectivity index (χ1) is 10.9. The summed E-state index contributed by atoms with van der Waals surface area (Å²) in [6.45, 7) is 5.90. The van der Waals surface area contributed by atoms with Gasteiger partial charge in [-0.2, -0.15) is 0 Å². The lowest BCUT2D eigenvalue weighted by atomic mass is 10.1. The molecule has 0 fully saturated rings. The number of nitrogens with one attached hydrogen (secondary N) is 1. The van der Waals surface area contributed by atoms with Gasteiger partial charge in [0.2, 0.25) is 0 Å². The summed E-state index contributed by atoms with van der Waals surface area (Å²) in [5, 5.41) is 2.99. The summed E-state index contributed by atoms with van der Waals surface area (Å²) in [4.78, 5) is 25.4. The van der Waals surface area contributed by atoms with E-state index >= 15 is 0 Å². The Labute approximate surface area is 139 Å². The monoisotopic (exact) mass is 332 g/mol. The number of hydrogen-bond donors (Lipinski definition) is 2. The first-order valence-electron chi connectivity index (χ1n) is 7.25. The number of ether oxygens (including phenoxy) is 1. The largest absolute Gasteiger partial charge is 0.484 e. The van der Waals surface area contributed by atoms with E-state index in [0.717, 1.165) is 5.56 Å². The molecule has 0 aliphatic heterocycles. The summed E-state index contributed by atoms with van der Waals surface area (Å²) in [7, 11) is 0. The van der Waals surface area contributed by atoms with Crippen molar-refractivity contribution in [2.24, 2.45) is 5.73 Å². The Hall–Kier alpha value is -2.34. The second-order valence-corrected chi connectivity index (χ2v) is 6.80. The van der Waals surface area contributed by atoms with Gasteiger partial charge in [0.1, 0.15) is 5.75 Å². The van der Waals surface area contributed by atoms with Gasteiger partial charge in [-0.25, -0.2) is 0 Å². The molecule has 0 saturated heterocycles. The van der Waals surface area contributed by atoms with Crippen LogP contribution in [-0.2, 0) is 4.79 Å². The maximum absolute atomic E-state index is 12.3. The normalized spacial score (nSPS) is 11.8. The first kappa shape index (κ1) is 17.0. The lowest BCUT2D eigenvalue weighted by Gasteiger charge is -2.14. The predicted molar refractivity (Wildman–Crippen MR) is 90.8 cm³/mol. The van der Waals surface area contributed by atoms with Crippen LogP contribution >= 0.6 is 11.3 Å². The minimum absolute atomic E-state index is 0.0572. The van der Waals surface area contributed by atoms with Crippen LogP contribution in [0.3, 0.4) is 0 Å². The van der Waals surface area contributed by atoms with Crippen LogP contribution in [0.25, 0.3) is 0 Å². The van der Waals surface area contributed by atoms with E-state index < -0.39 is 5.91 Å². The average molecular weight is 332 g/mol. The summed E-state index contributed by atoms with van der Waals surface area (Å²) in [6, 6.07) is 8.64. The van der Waals surface area contributed by atoms with Gasteiger partial charge in [0, 0.05) is 15.3 Å². The molecule has 3 N–H and O–H groups in total. The number of carbonyl (C=O) groups is 2. The standard InChI is InChI=1S/C17H20N2O3S/c1-10-8-15(12(3)23-10)11(2)19-17(21)13-4-6-14(7-5-13)22-9-16(18)20/h4-8,11H,9H2,1-3H3,(H2,18,20)(H,19,21). The fourth-order valence-corrected chi connectivity index (χ4v) is 3.32. The maximum atomic E-state index is 12.3. The van der Waals surface area contributed by atoms with Gasteiger partial charge in [-0.15, -0.1) is 11.3 Å². The number of rotatable bonds is 6. The number of thiophene rings is 1. The molecule has 0 spiro atoms. The first-order valence-corrected chi connectivity index (χ1v) is 8.07. The molecule has 0 radical (unpaired) electrons. The van der Waals surface area contributed by atoms with Crippen LogP contribution in [0.5, 0.6) is 5.75 Å². The minimum Gasteiger partial charge on any atom is -0.484 e. The van der Waals surface area contributed by atoms with Crippen molar-refractivity contribution in [3.8, 4) is 5.75 Å². The lowest BCUT2D eigenvalue weighted by molar-refractivity contribution is -0.119. The Morgan fingerprint density at radius 3 is 2.43 bits per heavy atom. The topological polar surface area (TPSA) is 81.4 Å². The van der Waals surface area contributed by atoms with E-state index in [9.17, 15) is 9.59 Å². The van der Waals surface area contributed by atoms with Gasteiger partial charge < -0.3 is 15.8 Å². The molecule has 23 heavy (non-hydrogen) atoms. The molecule has 2 amide bonds. The molecule has 0 aliphatic rings. The molecule has 1 heterocycles. The maximum Gasteiger partial charge on any atom is 0.255 e. The van der Waals surface area contributed by atoms with Crippen molar-refractivity contribution in [1.29, 1.82) is 0 Å². The summed E-state index contributed by atoms with van der Waals surface area (Å²) in [5.74, 6) is -0.193. The fourth-order valence-electron chi connectivity index (χ4n) is 2.30. The van der Waals surface area contributed by atoms with E-state index in [1.807, 2.05) is 6.92 Å². The van der Waals surface area contributed by atoms with E-state index in [1.54, 1.807) is 35.6 Å². The van der Waals surface area contributed by atoms with Gasteiger partial charge in [-0.05, 0) is 56.7 Å². The SMILES string of the molecule is Cc1cc(C(C)NC(=O)c2ccc(OCC(N)=O)cc2)c(C)s1. The van der Waals surface area contributed by atoms with E-state index in [1.165, 1.54) is 9.75 Å². The van der Waals surface area contributed by atoms with Crippen LogP contribution in [0.15, 0.2) is 30.3 Å². The molecule has 5 nitrogen and oxygen atoms in total. The molecular formula is C17H20N2O3S. The Morgan fingerprint density at radius 1 is 1.26 bits per heavy atom. The number of benzene rings is 1. The molecule has 2 aromatic rings. The number of primary amides is 1. The number of carbonyl (C=O) groups excluding carboxylic acids is 2. The van der Waals surface area contributed by atoms with Crippen molar-refractivity contribution < 1.29 is 14.3 Å². The molecule has 1 aromatic heterocycles. The van der Waals surface area contributed by atoms with E-state index in [0.29, 0.717) is 11.3 Å². The Kier molecular flexibility index (Phi) is 5.39. The Balaban J connectivity index is 2.00. The van der Waals surface area contributed by atoms with Crippen LogP contribution in [0, 0.1) is 13.8 Å². The van der Waals surface area contributed by atoms with Crippen LogP contribution in [0.2, 0.25) is 0 Å². The quantitative estimate of drug-likeness (QED) is 0.853. The molecule has 2 rings (SSSR count). The van der Waals surface area contributed by atoms with Crippen LogP contribution in [0.1, 0.15) is 38.6 Å². The molecule has 1 aromatic carbocycles. The molecule has 0 bridgehead atoms. The molecular weight excluding hydrogens is 312 g/mol. The Morgan fingerprint density at radius 2 is 1.91 bits per heavy atom. The van der Waals surface area contributed by atoms with Gasteiger partial charge in [-0.1, -0.05) is 0 Å². The Bertz CT molecular complexity index is 707. The number of nitrogens with two attached hydrogens (primary N) is 1. The fraction of sp³-hybridized carbons (Fsp3) is 0.294. The number of aryl methyl sites for hydroxylation is 2. The molecule has 1 unspecified atom stereocenters. The molecule has 0 aliphatic carbocycles. The lowest BCUT2D eigenvalue weighted by Crippen LogP contribution is -2.26. The summed E-state index contributed by atoms with van der Waals surface area (Å²) < 4.78 is 5.17. The van der Waals surface area contributed by atoms with Crippen molar-refractivity contribution in [3.05, 3.63) is 51.2 Å². The average Bonchev–Trinajstić information content (AvgIpc) is 2.84. The molecule has 0 saturated carbocycles. The van der Waals surface area contributed by atoms with Gasteiger partial charge in [0.15, 0.2) is 6.61 Å². The molecule has 1 atom stereocenters. The van der Waals surface area contributed by atoms with Gasteiger partial charge in [0.25, 0.3) is 11.8 Å². The van der Waals surface area contributed by atoms with E-state index in [-0.39, 0.29) is 18.6 Å². The minimum atomic E-state index is -0.540. The van der Waals surface area contributed by atoms with Gasteiger partial charge in [0.05, 0.1) is 6.04 Å². The molecule has 122 valence electrons. The second-order valence-electron chi connectivity index (χ2n) is 5.34. The van der Waals surface area contributed by atoms with Crippen molar-refractivity contribution in [1.82, 2.24) is 5.32 Å². The summed E-state index contributed by atoms with van der Waals surface area (Å²) in [6.07, 6.45) is 0. The molecule has 6 heteroatoms. The van der Waals surface area contributed by atoms with Gasteiger partial charge in [-0.3, -0.25) is 9.59 Å². The third kappa shape index (κ3) is 4.56. The third-order valence-electron chi connectivity index (χ3n) is 3.39. The third-order valence-corrected chi connectivity index (χ3v) is 4.37.